The first-order valence-corrected chi connectivity index (χ1v) is 11.0. The summed E-state index contributed by atoms with van der Waals surface area (Å²) in [4.78, 5) is 28.0. The Kier molecular flexibility index (Phi) is 9.10. The minimum Gasteiger partial charge on any atom is -0.354 e. The van der Waals surface area contributed by atoms with Crippen LogP contribution in [0, 0.1) is 19.8 Å². The van der Waals surface area contributed by atoms with E-state index in [1.807, 2.05) is 38.1 Å². The second-order valence-corrected chi connectivity index (χ2v) is 8.50. The Balaban J connectivity index is 2.19. The third-order valence-corrected chi connectivity index (χ3v) is 5.42. The van der Waals surface area contributed by atoms with Crippen molar-refractivity contribution in [2.75, 3.05) is 6.54 Å². The topological polar surface area (TPSA) is 49.4 Å². The number of nitrogens with one attached hydrogen (secondary N) is 1. The van der Waals surface area contributed by atoms with Gasteiger partial charge < -0.3 is 10.2 Å². The number of carbonyl (C=O) groups is 2. The van der Waals surface area contributed by atoms with E-state index in [4.69, 9.17) is 0 Å². The lowest BCUT2D eigenvalue weighted by Crippen LogP contribution is -2.49. The Morgan fingerprint density at radius 1 is 1.00 bits per heavy atom. The standard InChI is InChI=1S/C26H36N2O2/c1-6-24(26(30)27-17-19(2)3)28(18-23-10-8-7-9-21(23)5)25(29)16-15-22-13-11-20(4)12-14-22/h7-14,19,24H,6,15-18H2,1-5H3,(H,27,30). The van der Waals surface area contributed by atoms with Gasteiger partial charge in [-0.25, -0.2) is 0 Å². The number of amides is 2. The number of hydrogen-bond donors (Lipinski definition) is 1. The fraction of sp³-hybridized carbons (Fsp3) is 0.462. The van der Waals surface area contributed by atoms with Gasteiger partial charge in [-0.15, -0.1) is 0 Å². The van der Waals surface area contributed by atoms with E-state index in [0.717, 1.165) is 16.7 Å². The monoisotopic (exact) mass is 408 g/mol. The van der Waals surface area contributed by atoms with Gasteiger partial charge in [0, 0.05) is 19.5 Å². The van der Waals surface area contributed by atoms with Gasteiger partial charge in [-0.05, 0) is 49.3 Å². The van der Waals surface area contributed by atoms with Gasteiger partial charge in [0.1, 0.15) is 6.04 Å². The lowest BCUT2D eigenvalue weighted by Gasteiger charge is -2.31. The summed E-state index contributed by atoms with van der Waals surface area (Å²) in [6.45, 7) is 11.3. The van der Waals surface area contributed by atoms with E-state index in [-0.39, 0.29) is 11.8 Å². The van der Waals surface area contributed by atoms with Crippen molar-refractivity contribution >= 4 is 11.8 Å². The van der Waals surface area contributed by atoms with E-state index in [1.54, 1.807) is 4.90 Å². The largest absolute Gasteiger partial charge is 0.354 e. The highest BCUT2D eigenvalue weighted by atomic mass is 16.2. The lowest BCUT2D eigenvalue weighted by atomic mass is 10.0. The summed E-state index contributed by atoms with van der Waals surface area (Å²) in [5, 5.41) is 3.02. The molecule has 4 heteroatoms. The molecule has 0 aromatic heterocycles. The maximum absolute atomic E-state index is 13.3. The minimum absolute atomic E-state index is 0.0189. The van der Waals surface area contributed by atoms with Gasteiger partial charge in [0.05, 0.1) is 0 Å². The fourth-order valence-corrected chi connectivity index (χ4v) is 3.46. The average Bonchev–Trinajstić information content (AvgIpc) is 2.72. The van der Waals surface area contributed by atoms with Gasteiger partial charge in [0.15, 0.2) is 0 Å². The smallest absolute Gasteiger partial charge is 0.242 e. The van der Waals surface area contributed by atoms with Crippen LogP contribution in [0.3, 0.4) is 0 Å². The van der Waals surface area contributed by atoms with Gasteiger partial charge in [0.25, 0.3) is 0 Å². The normalized spacial score (nSPS) is 11.9. The number of nitrogens with zero attached hydrogens (tertiary/aromatic N) is 1. The third-order valence-electron chi connectivity index (χ3n) is 5.42. The molecular formula is C26H36N2O2. The molecule has 0 aliphatic rings. The SMILES string of the molecule is CCC(C(=O)NCC(C)C)N(Cc1ccccc1C)C(=O)CCc1ccc(C)cc1. The van der Waals surface area contributed by atoms with E-state index in [0.29, 0.717) is 38.3 Å². The van der Waals surface area contributed by atoms with Crippen molar-refractivity contribution in [2.45, 2.75) is 66.5 Å². The Bertz CT molecular complexity index is 827. The molecule has 1 atom stereocenters. The highest BCUT2D eigenvalue weighted by molar-refractivity contribution is 5.87. The van der Waals surface area contributed by atoms with E-state index < -0.39 is 6.04 Å². The molecular weight excluding hydrogens is 372 g/mol. The first-order valence-electron chi connectivity index (χ1n) is 11.0. The molecule has 2 aromatic rings. The number of rotatable bonds is 10. The Morgan fingerprint density at radius 3 is 2.27 bits per heavy atom. The molecule has 162 valence electrons. The van der Waals surface area contributed by atoms with Gasteiger partial charge in [-0.2, -0.15) is 0 Å². The third kappa shape index (κ3) is 7.01. The first kappa shape index (κ1) is 23.7. The van der Waals surface area contributed by atoms with Crippen LogP contribution < -0.4 is 5.32 Å². The molecule has 0 saturated carbocycles. The molecule has 0 heterocycles. The van der Waals surface area contributed by atoms with Crippen molar-refractivity contribution in [3.63, 3.8) is 0 Å². The summed E-state index contributed by atoms with van der Waals surface area (Å²) in [6.07, 6.45) is 1.66. The number of aryl methyl sites for hydroxylation is 3. The molecule has 4 nitrogen and oxygen atoms in total. The molecule has 2 aromatic carbocycles. The highest BCUT2D eigenvalue weighted by Gasteiger charge is 2.28. The maximum atomic E-state index is 13.3. The molecule has 0 fully saturated rings. The van der Waals surface area contributed by atoms with Gasteiger partial charge in [-0.3, -0.25) is 9.59 Å². The van der Waals surface area contributed by atoms with Crippen molar-refractivity contribution in [1.82, 2.24) is 10.2 Å². The number of carbonyl (C=O) groups excluding carboxylic acids is 2. The van der Waals surface area contributed by atoms with Crippen molar-refractivity contribution in [3.05, 3.63) is 70.8 Å². The first-order chi connectivity index (χ1) is 14.3. The van der Waals surface area contributed by atoms with Crippen LogP contribution in [0.5, 0.6) is 0 Å². The molecule has 0 spiro atoms. The summed E-state index contributed by atoms with van der Waals surface area (Å²) in [6, 6.07) is 15.9. The summed E-state index contributed by atoms with van der Waals surface area (Å²) >= 11 is 0. The van der Waals surface area contributed by atoms with Crippen molar-refractivity contribution in [3.8, 4) is 0 Å². The predicted octanol–water partition coefficient (Wildman–Crippen LogP) is 4.82. The van der Waals surface area contributed by atoms with E-state index in [1.165, 1.54) is 5.56 Å². The molecule has 1 unspecified atom stereocenters. The molecule has 1 N–H and O–H groups in total. The van der Waals surface area contributed by atoms with E-state index in [9.17, 15) is 9.59 Å². The van der Waals surface area contributed by atoms with Crippen LogP contribution in [0.4, 0.5) is 0 Å². The van der Waals surface area contributed by atoms with E-state index in [2.05, 4.69) is 50.4 Å². The maximum Gasteiger partial charge on any atom is 0.242 e. The van der Waals surface area contributed by atoms with Crippen LogP contribution in [0.25, 0.3) is 0 Å². The van der Waals surface area contributed by atoms with Crippen LogP contribution in [0.2, 0.25) is 0 Å². The summed E-state index contributed by atoms with van der Waals surface area (Å²) in [5.41, 5.74) is 4.56. The lowest BCUT2D eigenvalue weighted by molar-refractivity contribution is -0.141. The molecule has 0 saturated heterocycles. The molecule has 0 aliphatic heterocycles. The van der Waals surface area contributed by atoms with Crippen molar-refractivity contribution in [2.24, 2.45) is 5.92 Å². The zero-order valence-corrected chi connectivity index (χ0v) is 19.1. The second-order valence-electron chi connectivity index (χ2n) is 8.50. The van der Waals surface area contributed by atoms with Crippen LogP contribution >= 0.6 is 0 Å². The Hall–Kier alpha value is -2.62. The van der Waals surface area contributed by atoms with Crippen LogP contribution in [-0.4, -0.2) is 29.3 Å². The summed E-state index contributed by atoms with van der Waals surface area (Å²) in [7, 11) is 0. The van der Waals surface area contributed by atoms with Crippen molar-refractivity contribution in [1.29, 1.82) is 0 Å². The van der Waals surface area contributed by atoms with Gasteiger partial charge in [0.2, 0.25) is 11.8 Å². The predicted molar refractivity (Wildman–Crippen MR) is 123 cm³/mol. The zero-order chi connectivity index (χ0) is 22.1. The molecule has 0 bridgehead atoms. The second kappa shape index (κ2) is 11.5. The van der Waals surface area contributed by atoms with E-state index >= 15 is 0 Å². The summed E-state index contributed by atoms with van der Waals surface area (Å²) in [5.74, 6) is 0.322. The highest BCUT2D eigenvalue weighted by Crippen LogP contribution is 2.17. The molecule has 30 heavy (non-hydrogen) atoms. The van der Waals surface area contributed by atoms with Crippen LogP contribution in [0.1, 0.15) is 55.9 Å². The molecule has 2 amide bonds. The number of hydrogen-bond acceptors (Lipinski definition) is 2. The molecule has 2 rings (SSSR count). The Labute approximate surface area is 181 Å². The quantitative estimate of drug-likeness (QED) is 0.613. The minimum atomic E-state index is -0.464. The fourth-order valence-electron chi connectivity index (χ4n) is 3.46. The van der Waals surface area contributed by atoms with Crippen LogP contribution in [-0.2, 0) is 22.6 Å². The average molecular weight is 409 g/mol. The molecule has 0 aliphatic carbocycles. The zero-order valence-electron chi connectivity index (χ0n) is 19.1. The summed E-state index contributed by atoms with van der Waals surface area (Å²) < 4.78 is 0. The van der Waals surface area contributed by atoms with Crippen LogP contribution in [0.15, 0.2) is 48.5 Å². The van der Waals surface area contributed by atoms with Gasteiger partial charge >= 0.3 is 0 Å². The number of benzene rings is 2. The Morgan fingerprint density at radius 2 is 1.67 bits per heavy atom. The molecule has 0 radical (unpaired) electrons. The van der Waals surface area contributed by atoms with Crippen molar-refractivity contribution < 1.29 is 9.59 Å². The van der Waals surface area contributed by atoms with Gasteiger partial charge in [-0.1, -0.05) is 74.9 Å².